The summed E-state index contributed by atoms with van der Waals surface area (Å²) < 4.78 is 0. The van der Waals surface area contributed by atoms with E-state index in [2.05, 4.69) is 0 Å². The zero-order valence-corrected chi connectivity index (χ0v) is 16.1. The molecule has 0 rings (SSSR count). The van der Waals surface area contributed by atoms with E-state index in [1.165, 1.54) is 0 Å². The van der Waals surface area contributed by atoms with Gasteiger partial charge in [0.05, 0.1) is 0 Å². The van der Waals surface area contributed by atoms with Crippen LogP contribution in [0.3, 0.4) is 0 Å². The molecule has 0 fully saturated rings. The summed E-state index contributed by atoms with van der Waals surface area (Å²) >= 11 is 0. The van der Waals surface area contributed by atoms with Gasteiger partial charge in [0, 0.05) is 44.1 Å². The van der Waals surface area contributed by atoms with Crippen molar-refractivity contribution in [2.45, 2.75) is 0 Å². The molecule has 0 nitrogen and oxygen atoms in total. The molecule has 0 saturated heterocycles. The van der Waals surface area contributed by atoms with Crippen LogP contribution in [0.25, 0.3) is 0 Å². The van der Waals surface area contributed by atoms with Gasteiger partial charge in [0.1, 0.15) is 0 Å². The minimum atomic E-state index is 0. The first-order valence-electron chi connectivity index (χ1n) is 0. The summed E-state index contributed by atoms with van der Waals surface area (Å²) in [5.74, 6) is 0. The first-order valence-corrected chi connectivity index (χ1v) is 0. The van der Waals surface area contributed by atoms with E-state index in [9.17, 15) is 0 Å². The molecule has 4 heteroatoms. The number of rotatable bonds is 0. The normalized spacial score (nSPS) is 0. The Morgan fingerprint density at radius 2 is 1.25 bits per heavy atom. The van der Waals surface area contributed by atoms with E-state index >= 15 is 0 Å². The summed E-state index contributed by atoms with van der Waals surface area (Å²) in [6.45, 7) is 0. The SMILES string of the molecule is [Ba+2].[BiH3].[H-].[H-].[Nb].[Ti]. The average molecular weight is 492 g/mol. The van der Waals surface area contributed by atoms with E-state index in [4.69, 9.17) is 0 Å². The minimum absolute atomic E-state index is 0. The third-order valence-electron chi connectivity index (χ3n) is 0. The molecule has 0 aromatic carbocycles. The van der Waals surface area contributed by atoms with E-state index in [0.29, 0.717) is 0 Å². The van der Waals surface area contributed by atoms with E-state index in [-0.39, 0.29) is 122 Å². The molecule has 0 amide bonds. The van der Waals surface area contributed by atoms with Gasteiger partial charge in [-0.1, -0.05) is 0 Å². The molecule has 0 bridgehead atoms. The van der Waals surface area contributed by atoms with Crippen LogP contribution in [0, 0.1) is 0 Å². The Kier molecular flexibility index (Phi) is 97.5. The molecular formula is H5BaBiNbTi. The summed E-state index contributed by atoms with van der Waals surface area (Å²) in [5, 5.41) is 0. The molecule has 0 heterocycles. The first-order chi connectivity index (χ1) is 0. The molecule has 0 aromatic rings. The summed E-state index contributed by atoms with van der Waals surface area (Å²) in [5.41, 5.74) is 0. The van der Waals surface area contributed by atoms with Gasteiger partial charge in [0.15, 0.2) is 0 Å². The van der Waals surface area contributed by atoms with Crippen molar-refractivity contribution in [2.24, 2.45) is 0 Å². The van der Waals surface area contributed by atoms with Gasteiger partial charge in [-0.3, -0.25) is 0 Å². The Morgan fingerprint density at radius 3 is 1.25 bits per heavy atom. The maximum atomic E-state index is 0. The molecule has 1 radical (unpaired) electrons. The van der Waals surface area contributed by atoms with Crippen molar-refractivity contribution in [3.8, 4) is 0 Å². The number of hydrogen-bond donors (Lipinski definition) is 0. The van der Waals surface area contributed by atoms with Crippen molar-refractivity contribution in [3.05, 3.63) is 0 Å². The molecule has 21 valence electrons. The van der Waals surface area contributed by atoms with Gasteiger partial charge >= 0.3 is 75.1 Å². The molecule has 0 aliphatic rings. The molecule has 4 heavy (non-hydrogen) atoms. The summed E-state index contributed by atoms with van der Waals surface area (Å²) in [4.78, 5) is 0. The second kappa shape index (κ2) is 15.8. The second-order valence-corrected chi connectivity index (χ2v) is 0. The average Bonchev–Trinajstić information content (AvgIpc) is 0. The Labute approximate surface area is 119 Å². The van der Waals surface area contributed by atoms with Crippen molar-refractivity contribution >= 4 is 75.1 Å². The van der Waals surface area contributed by atoms with Gasteiger partial charge in [-0.2, -0.15) is 0 Å². The van der Waals surface area contributed by atoms with E-state index < -0.39 is 0 Å². The van der Waals surface area contributed by atoms with Crippen LogP contribution in [0.2, 0.25) is 0 Å². The van der Waals surface area contributed by atoms with Crippen LogP contribution in [0.15, 0.2) is 0 Å². The van der Waals surface area contributed by atoms with Crippen molar-refractivity contribution in [3.63, 3.8) is 0 Å². The van der Waals surface area contributed by atoms with E-state index in [1.54, 1.807) is 0 Å². The Morgan fingerprint density at radius 1 is 1.25 bits per heavy atom. The van der Waals surface area contributed by atoms with Gasteiger partial charge in [-0.25, -0.2) is 0 Å². The van der Waals surface area contributed by atoms with Gasteiger partial charge < -0.3 is 2.85 Å². The van der Waals surface area contributed by atoms with Crippen molar-refractivity contribution in [1.29, 1.82) is 0 Å². The quantitative estimate of drug-likeness (QED) is 0.368. The molecule has 0 aliphatic heterocycles. The Bertz CT molecular complexity index is 13.5. The zero-order valence-electron chi connectivity index (χ0n) is 4.36. The third kappa shape index (κ3) is 9.32. The summed E-state index contributed by atoms with van der Waals surface area (Å²) in [6, 6.07) is 0. The fourth-order valence-corrected chi connectivity index (χ4v) is 0. The van der Waals surface area contributed by atoms with Crippen LogP contribution < -0.4 is 0 Å². The molecule has 0 atom stereocenters. The first kappa shape index (κ1) is 24.7. The van der Waals surface area contributed by atoms with Crippen molar-refractivity contribution in [1.82, 2.24) is 0 Å². The zero-order chi connectivity index (χ0) is 0. The van der Waals surface area contributed by atoms with E-state index in [1.807, 2.05) is 0 Å². The van der Waals surface area contributed by atoms with Crippen LogP contribution in [-0.4, -0.2) is 75.1 Å². The van der Waals surface area contributed by atoms with E-state index in [0.717, 1.165) is 0 Å². The van der Waals surface area contributed by atoms with Crippen molar-refractivity contribution < 1.29 is 47.0 Å². The summed E-state index contributed by atoms with van der Waals surface area (Å²) in [6.07, 6.45) is 0. The third-order valence-corrected chi connectivity index (χ3v) is 0. The Balaban J connectivity index is 0. The minimum Gasteiger partial charge on any atom is -1.00 e. The second-order valence-electron chi connectivity index (χ2n) is 0. The standard InChI is InChI=1S/Ba.Bi.Nb.Ti.5H/q+2;;;;;;;2*-1. The topological polar surface area (TPSA) is 0 Å². The summed E-state index contributed by atoms with van der Waals surface area (Å²) in [7, 11) is 0. The number of hydrogen-bond acceptors (Lipinski definition) is 0. The predicted molar refractivity (Wildman–Crippen MR) is 17.9 cm³/mol. The van der Waals surface area contributed by atoms with Crippen LogP contribution in [0.5, 0.6) is 0 Å². The van der Waals surface area contributed by atoms with Gasteiger partial charge in [-0.05, 0) is 0 Å². The van der Waals surface area contributed by atoms with Crippen LogP contribution in [-0.2, 0) is 44.1 Å². The predicted octanol–water partition coefficient (Wildman–Crippen LogP) is -1.34. The fraction of sp³-hybridized carbons (Fsp3) is 0. The van der Waals surface area contributed by atoms with Crippen LogP contribution in [0.1, 0.15) is 2.85 Å². The van der Waals surface area contributed by atoms with Gasteiger partial charge in [0.2, 0.25) is 0 Å². The Hall–Kier alpha value is 3.91. The molecule has 0 spiro atoms. The van der Waals surface area contributed by atoms with Crippen LogP contribution in [0.4, 0.5) is 0 Å². The molecule has 0 N–H and O–H groups in total. The molecule has 0 unspecified atom stereocenters. The molecule has 0 saturated carbocycles. The maximum Gasteiger partial charge on any atom is 0 e. The van der Waals surface area contributed by atoms with Gasteiger partial charge in [0.25, 0.3) is 0 Å². The molecule has 0 aromatic heterocycles. The van der Waals surface area contributed by atoms with Crippen LogP contribution >= 0.6 is 0 Å². The fourth-order valence-electron chi connectivity index (χ4n) is 0. The molecule has 0 aliphatic carbocycles. The maximum absolute atomic E-state index is 0. The largest absolute Gasteiger partial charge is 1.00 e. The monoisotopic (exact) mass is 493 g/mol. The van der Waals surface area contributed by atoms with Crippen molar-refractivity contribution in [2.75, 3.05) is 0 Å². The smallest absolute Gasteiger partial charge is 0 e. The van der Waals surface area contributed by atoms with Gasteiger partial charge in [-0.15, -0.1) is 0 Å². The molecular weight excluding hydrogens is 487 g/mol.